The number of nitrogens with one attached hydrogen (secondary N) is 1. The molecule has 0 aromatic heterocycles. The predicted octanol–water partition coefficient (Wildman–Crippen LogP) is 2.07. The van der Waals surface area contributed by atoms with Crippen LogP contribution >= 0.6 is 0 Å². The van der Waals surface area contributed by atoms with Crippen LogP contribution in [0.1, 0.15) is 31.7 Å². The fraction of sp³-hybridized carbons (Fsp3) is 0.625. The van der Waals surface area contributed by atoms with Crippen molar-refractivity contribution in [3.05, 3.63) is 35.9 Å². The van der Waals surface area contributed by atoms with Crippen molar-refractivity contribution in [1.29, 1.82) is 0 Å². The van der Waals surface area contributed by atoms with Crippen LogP contribution in [-0.4, -0.2) is 51.4 Å². The molecule has 6 heteroatoms. The zero-order chi connectivity index (χ0) is 16.4. The van der Waals surface area contributed by atoms with Gasteiger partial charge in [-0.15, -0.1) is 0 Å². The molecule has 0 heterocycles. The Bertz CT molecular complexity index is 505. The molecule has 0 fully saturated rings. The largest absolute Gasteiger partial charge is 0.302 e. The Morgan fingerprint density at radius 3 is 2.36 bits per heavy atom. The van der Waals surface area contributed by atoms with Crippen molar-refractivity contribution in [2.45, 2.75) is 32.7 Å². The van der Waals surface area contributed by atoms with Gasteiger partial charge in [-0.25, -0.2) is 4.72 Å². The van der Waals surface area contributed by atoms with Crippen molar-refractivity contribution in [2.75, 3.05) is 33.7 Å². The van der Waals surface area contributed by atoms with E-state index in [1.54, 1.807) is 7.05 Å². The van der Waals surface area contributed by atoms with Gasteiger partial charge in [0.25, 0.3) is 10.2 Å². The van der Waals surface area contributed by atoms with E-state index in [4.69, 9.17) is 0 Å². The van der Waals surface area contributed by atoms with E-state index in [1.165, 1.54) is 9.87 Å². The molecular weight excluding hydrogens is 298 g/mol. The quantitative estimate of drug-likeness (QED) is 0.633. The molecule has 0 atom stereocenters. The van der Waals surface area contributed by atoms with Crippen LogP contribution in [0.15, 0.2) is 30.3 Å². The van der Waals surface area contributed by atoms with Gasteiger partial charge in [-0.1, -0.05) is 43.7 Å². The average Bonchev–Trinajstić information content (AvgIpc) is 2.50. The summed E-state index contributed by atoms with van der Waals surface area (Å²) in [4.78, 5) is 2.20. The van der Waals surface area contributed by atoms with E-state index in [1.807, 2.05) is 18.2 Å². The van der Waals surface area contributed by atoms with Crippen molar-refractivity contribution >= 4 is 10.2 Å². The number of unbranched alkanes of at least 4 members (excludes halogenated alkanes) is 1. The van der Waals surface area contributed by atoms with Crippen molar-refractivity contribution in [3.8, 4) is 0 Å². The standard InChI is InChI=1S/C16H29N3O2S/c1-4-5-14-19(3)22(20,21)17-12-9-13-18(2)15-16-10-7-6-8-11-16/h6-8,10-11,17H,4-5,9,12-15H2,1-3H3. The van der Waals surface area contributed by atoms with Gasteiger partial charge in [-0.3, -0.25) is 0 Å². The molecule has 5 nitrogen and oxygen atoms in total. The molecule has 0 aliphatic rings. The summed E-state index contributed by atoms with van der Waals surface area (Å²) >= 11 is 0. The minimum absolute atomic E-state index is 0.470. The maximum atomic E-state index is 12.0. The molecule has 0 bridgehead atoms. The molecule has 0 saturated carbocycles. The number of nitrogens with zero attached hydrogens (tertiary/aromatic N) is 2. The van der Waals surface area contributed by atoms with Crippen molar-refractivity contribution < 1.29 is 8.42 Å². The lowest BCUT2D eigenvalue weighted by atomic mass is 10.2. The molecule has 0 amide bonds. The molecule has 0 unspecified atom stereocenters. The normalized spacial score (nSPS) is 12.2. The van der Waals surface area contributed by atoms with Gasteiger partial charge >= 0.3 is 0 Å². The lowest BCUT2D eigenvalue weighted by molar-refractivity contribution is 0.322. The zero-order valence-electron chi connectivity index (χ0n) is 14.0. The summed E-state index contributed by atoms with van der Waals surface area (Å²) in [5.41, 5.74) is 1.27. The number of benzene rings is 1. The lowest BCUT2D eigenvalue weighted by Gasteiger charge is -2.19. The first-order chi connectivity index (χ1) is 10.5. The molecule has 1 aromatic carbocycles. The fourth-order valence-corrected chi connectivity index (χ4v) is 3.13. The predicted molar refractivity (Wildman–Crippen MR) is 91.9 cm³/mol. The third-order valence-corrected chi connectivity index (χ3v) is 5.11. The molecule has 0 aliphatic heterocycles. The molecule has 0 saturated heterocycles. The van der Waals surface area contributed by atoms with E-state index in [0.29, 0.717) is 13.1 Å². The molecule has 1 aromatic rings. The topological polar surface area (TPSA) is 52.7 Å². The highest BCUT2D eigenvalue weighted by molar-refractivity contribution is 7.87. The highest BCUT2D eigenvalue weighted by atomic mass is 32.2. The summed E-state index contributed by atoms with van der Waals surface area (Å²) in [5.74, 6) is 0. The molecule has 22 heavy (non-hydrogen) atoms. The maximum absolute atomic E-state index is 12.0. The summed E-state index contributed by atoms with van der Waals surface area (Å²) in [5, 5.41) is 0. The summed E-state index contributed by atoms with van der Waals surface area (Å²) in [6.45, 7) is 4.83. The Kier molecular flexibility index (Phi) is 8.63. The first-order valence-corrected chi connectivity index (χ1v) is 9.33. The molecule has 0 spiro atoms. The van der Waals surface area contributed by atoms with Gasteiger partial charge in [0.1, 0.15) is 0 Å². The molecule has 0 radical (unpaired) electrons. The number of hydrogen-bond acceptors (Lipinski definition) is 3. The number of hydrogen-bond donors (Lipinski definition) is 1. The molecule has 126 valence electrons. The smallest absolute Gasteiger partial charge is 0.279 e. The second-order valence-corrected chi connectivity index (χ2v) is 7.51. The van der Waals surface area contributed by atoms with Crippen molar-refractivity contribution in [3.63, 3.8) is 0 Å². The third-order valence-electron chi connectivity index (χ3n) is 3.53. The summed E-state index contributed by atoms with van der Waals surface area (Å²) in [6.07, 6.45) is 2.67. The first-order valence-electron chi connectivity index (χ1n) is 7.89. The summed E-state index contributed by atoms with van der Waals surface area (Å²) < 4.78 is 28.0. The summed E-state index contributed by atoms with van der Waals surface area (Å²) in [6, 6.07) is 10.3. The lowest BCUT2D eigenvalue weighted by Crippen LogP contribution is -2.39. The van der Waals surface area contributed by atoms with Crippen LogP contribution in [0, 0.1) is 0 Å². The minimum Gasteiger partial charge on any atom is -0.302 e. The second kappa shape index (κ2) is 9.94. The van der Waals surface area contributed by atoms with Crippen molar-refractivity contribution in [2.24, 2.45) is 0 Å². The molecule has 1 rings (SSSR count). The Morgan fingerprint density at radius 1 is 1.05 bits per heavy atom. The van der Waals surface area contributed by atoms with Gasteiger partial charge in [-0.05, 0) is 32.0 Å². The SMILES string of the molecule is CCCCN(C)S(=O)(=O)NCCCN(C)Cc1ccccc1. The zero-order valence-corrected chi connectivity index (χ0v) is 14.8. The highest BCUT2D eigenvalue weighted by Crippen LogP contribution is 2.03. The van der Waals surface area contributed by atoms with Crippen LogP contribution in [0.2, 0.25) is 0 Å². The highest BCUT2D eigenvalue weighted by Gasteiger charge is 2.15. The van der Waals surface area contributed by atoms with E-state index in [9.17, 15) is 8.42 Å². The van der Waals surface area contributed by atoms with Crippen LogP contribution in [0.5, 0.6) is 0 Å². The van der Waals surface area contributed by atoms with Crippen LogP contribution < -0.4 is 4.72 Å². The monoisotopic (exact) mass is 327 g/mol. The van der Waals surface area contributed by atoms with Gasteiger partial charge < -0.3 is 4.90 Å². The van der Waals surface area contributed by atoms with E-state index >= 15 is 0 Å². The third kappa shape index (κ3) is 7.35. The molecule has 0 aliphatic carbocycles. The molecule has 1 N–H and O–H groups in total. The van der Waals surface area contributed by atoms with Gasteiger partial charge in [0, 0.05) is 26.7 Å². The second-order valence-electron chi connectivity index (χ2n) is 5.65. The Labute approximate surface area is 135 Å². The van der Waals surface area contributed by atoms with Gasteiger partial charge in [-0.2, -0.15) is 12.7 Å². The van der Waals surface area contributed by atoms with Gasteiger partial charge in [0.05, 0.1) is 0 Å². The van der Waals surface area contributed by atoms with E-state index < -0.39 is 10.2 Å². The van der Waals surface area contributed by atoms with Crippen LogP contribution in [-0.2, 0) is 16.8 Å². The van der Waals surface area contributed by atoms with E-state index in [0.717, 1.165) is 32.4 Å². The Hall–Kier alpha value is -0.950. The van der Waals surface area contributed by atoms with Gasteiger partial charge in [0.2, 0.25) is 0 Å². The Morgan fingerprint density at radius 2 is 1.73 bits per heavy atom. The first kappa shape index (κ1) is 19.1. The minimum atomic E-state index is -3.32. The maximum Gasteiger partial charge on any atom is 0.279 e. The van der Waals surface area contributed by atoms with Crippen molar-refractivity contribution in [1.82, 2.24) is 13.9 Å². The average molecular weight is 327 g/mol. The van der Waals surface area contributed by atoms with Gasteiger partial charge in [0.15, 0.2) is 0 Å². The van der Waals surface area contributed by atoms with Crippen LogP contribution in [0.4, 0.5) is 0 Å². The summed E-state index contributed by atoms with van der Waals surface area (Å²) in [7, 11) is 0.350. The number of rotatable bonds is 11. The fourth-order valence-electron chi connectivity index (χ4n) is 2.14. The van der Waals surface area contributed by atoms with Crippen LogP contribution in [0.3, 0.4) is 0 Å². The van der Waals surface area contributed by atoms with E-state index in [-0.39, 0.29) is 0 Å². The molecular formula is C16H29N3O2S. The van der Waals surface area contributed by atoms with Crippen LogP contribution in [0.25, 0.3) is 0 Å². The van der Waals surface area contributed by atoms with E-state index in [2.05, 4.69) is 35.7 Å². The Balaban J connectivity index is 2.23.